The van der Waals surface area contributed by atoms with Gasteiger partial charge in [-0.05, 0) is 24.3 Å². The molecule has 0 bridgehead atoms. The number of piperazine rings is 1. The van der Waals surface area contributed by atoms with Crippen molar-refractivity contribution in [2.75, 3.05) is 41.3 Å². The molecule has 8 nitrogen and oxygen atoms in total. The number of hydrogen-bond donors (Lipinski definition) is 1. The van der Waals surface area contributed by atoms with E-state index in [1.165, 1.54) is 6.33 Å². The Kier molecular flexibility index (Phi) is 5.38. The minimum absolute atomic E-state index is 0.141. The highest BCUT2D eigenvalue weighted by Gasteiger charge is 2.29. The summed E-state index contributed by atoms with van der Waals surface area (Å²) >= 11 is 0. The van der Waals surface area contributed by atoms with Crippen LogP contribution in [0.25, 0.3) is 0 Å². The third-order valence-corrected chi connectivity index (χ3v) is 4.87. The minimum atomic E-state index is -0.748. The van der Waals surface area contributed by atoms with Crippen molar-refractivity contribution in [3.63, 3.8) is 0 Å². The van der Waals surface area contributed by atoms with E-state index in [-0.39, 0.29) is 23.0 Å². The Bertz CT molecular complexity index is 1060. The van der Waals surface area contributed by atoms with Crippen LogP contribution in [0.15, 0.2) is 54.9 Å². The molecule has 0 radical (unpaired) electrons. The van der Waals surface area contributed by atoms with Crippen molar-refractivity contribution in [2.24, 2.45) is 0 Å². The maximum atomic E-state index is 14.0. The van der Waals surface area contributed by atoms with Gasteiger partial charge in [-0.15, -0.1) is 0 Å². The van der Waals surface area contributed by atoms with Crippen LogP contribution in [0.4, 0.5) is 37.5 Å². The number of hydrogen-bond acceptors (Lipinski definition) is 7. The van der Waals surface area contributed by atoms with Crippen LogP contribution >= 0.6 is 0 Å². The molecule has 10 heteroatoms. The lowest BCUT2D eigenvalue weighted by atomic mass is 10.2. The third-order valence-electron chi connectivity index (χ3n) is 4.87. The molecule has 154 valence electrons. The van der Waals surface area contributed by atoms with Gasteiger partial charge in [0.1, 0.15) is 18.0 Å². The lowest BCUT2D eigenvalue weighted by molar-refractivity contribution is -0.383. The molecule has 1 N–H and O–H groups in total. The largest absolute Gasteiger partial charge is 0.368 e. The second kappa shape index (κ2) is 8.27. The first-order valence-electron chi connectivity index (χ1n) is 9.29. The number of nitrogens with one attached hydrogen (secondary N) is 1. The summed E-state index contributed by atoms with van der Waals surface area (Å²) in [6.07, 6.45) is 1.17. The monoisotopic (exact) mass is 412 g/mol. The highest BCUT2D eigenvalue weighted by atomic mass is 19.1. The van der Waals surface area contributed by atoms with Gasteiger partial charge in [0.05, 0.1) is 10.6 Å². The van der Waals surface area contributed by atoms with Crippen molar-refractivity contribution < 1.29 is 13.7 Å². The fourth-order valence-electron chi connectivity index (χ4n) is 3.40. The minimum Gasteiger partial charge on any atom is -0.368 e. The number of rotatable bonds is 5. The molecule has 30 heavy (non-hydrogen) atoms. The van der Waals surface area contributed by atoms with Crippen molar-refractivity contribution in [3.8, 4) is 0 Å². The molecular formula is C20H18F2N6O2. The van der Waals surface area contributed by atoms with Gasteiger partial charge in [0.15, 0.2) is 0 Å². The molecule has 0 amide bonds. The van der Waals surface area contributed by atoms with E-state index in [0.717, 1.165) is 23.9 Å². The van der Waals surface area contributed by atoms with Gasteiger partial charge >= 0.3 is 5.69 Å². The summed E-state index contributed by atoms with van der Waals surface area (Å²) in [6.45, 7) is 2.35. The Labute approximate surface area is 170 Å². The van der Waals surface area contributed by atoms with Crippen LogP contribution in [-0.2, 0) is 0 Å². The van der Waals surface area contributed by atoms with E-state index in [1.54, 1.807) is 4.90 Å². The number of aromatic nitrogens is 2. The van der Waals surface area contributed by atoms with Crippen LogP contribution in [0.2, 0.25) is 0 Å². The quantitative estimate of drug-likeness (QED) is 0.505. The van der Waals surface area contributed by atoms with Crippen LogP contribution < -0.4 is 15.1 Å². The van der Waals surface area contributed by atoms with E-state index < -0.39 is 16.6 Å². The summed E-state index contributed by atoms with van der Waals surface area (Å²) in [5.41, 5.74) is 0.462. The maximum absolute atomic E-state index is 14.0. The van der Waals surface area contributed by atoms with Gasteiger partial charge in [-0.1, -0.05) is 18.2 Å². The average Bonchev–Trinajstić information content (AvgIpc) is 2.77. The Morgan fingerprint density at radius 2 is 1.67 bits per heavy atom. The van der Waals surface area contributed by atoms with Gasteiger partial charge in [-0.2, -0.15) is 0 Å². The first kappa shape index (κ1) is 19.5. The Morgan fingerprint density at radius 1 is 0.967 bits per heavy atom. The molecule has 0 saturated carbocycles. The van der Waals surface area contributed by atoms with Crippen LogP contribution in [0.1, 0.15) is 0 Å². The Balaban J connectivity index is 1.59. The summed E-state index contributed by atoms with van der Waals surface area (Å²) < 4.78 is 27.5. The summed E-state index contributed by atoms with van der Waals surface area (Å²) in [6, 6.07) is 12.7. The Hall–Kier alpha value is -3.82. The molecule has 0 atom stereocenters. The molecule has 1 aromatic heterocycles. The molecule has 0 spiro atoms. The molecule has 2 heterocycles. The number of benzene rings is 2. The molecule has 0 aliphatic carbocycles. The van der Waals surface area contributed by atoms with Gasteiger partial charge < -0.3 is 15.1 Å². The van der Waals surface area contributed by atoms with Crippen LogP contribution in [0, 0.1) is 21.7 Å². The Morgan fingerprint density at radius 3 is 2.37 bits per heavy atom. The lowest BCUT2D eigenvalue weighted by Gasteiger charge is -2.36. The second-order valence-corrected chi connectivity index (χ2v) is 6.71. The molecule has 1 aliphatic rings. The van der Waals surface area contributed by atoms with E-state index in [4.69, 9.17) is 0 Å². The highest BCUT2D eigenvalue weighted by Crippen LogP contribution is 2.35. The van der Waals surface area contributed by atoms with Crippen molar-refractivity contribution in [1.82, 2.24) is 9.97 Å². The number of para-hydroxylation sites is 1. The molecule has 0 unspecified atom stereocenters. The van der Waals surface area contributed by atoms with Crippen LogP contribution in [0.5, 0.6) is 0 Å². The van der Waals surface area contributed by atoms with Crippen molar-refractivity contribution in [3.05, 3.63) is 76.6 Å². The number of nitro groups is 1. The molecule has 1 saturated heterocycles. The van der Waals surface area contributed by atoms with Crippen molar-refractivity contribution in [2.45, 2.75) is 0 Å². The zero-order valence-electron chi connectivity index (χ0n) is 15.8. The van der Waals surface area contributed by atoms with Gasteiger partial charge in [0, 0.05) is 37.9 Å². The van der Waals surface area contributed by atoms with Gasteiger partial charge in [0.25, 0.3) is 0 Å². The highest BCUT2D eigenvalue weighted by molar-refractivity contribution is 5.74. The van der Waals surface area contributed by atoms with E-state index in [9.17, 15) is 18.9 Å². The van der Waals surface area contributed by atoms with E-state index >= 15 is 0 Å². The molecule has 1 aliphatic heterocycles. The normalized spacial score (nSPS) is 13.9. The summed E-state index contributed by atoms with van der Waals surface area (Å²) in [4.78, 5) is 23.2. The zero-order valence-corrected chi connectivity index (χ0v) is 15.8. The lowest BCUT2D eigenvalue weighted by Crippen LogP contribution is -2.47. The fraction of sp³-hybridized carbons (Fsp3) is 0.200. The number of anilines is 4. The smallest absolute Gasteiger partial charge is 0.353 e. The summed E-state index contributed by atoms with van der Waals surface area (Å²) in [5.74, 6) is -1.47. The summed E-state index contributed by atoms with van der Waals surface area (Å²) in [5, 5.41) is 14.3. The second-order valence-electron chi connectivity index (χ2n) is 6.71. The molecule has 4 rings (SSSR count). The predicted octanol–water partition coefficient (Wildman–Crippen LogP) is 3.73. The average molecular weight is 412 g/mol. The third kappa shape index (κ3) is 3.97. The topological polar surface area (TPSA) is 87.4 Å². The first-order valence-corrected chi connectivity index (χ1v) is 9.29. The predicted molar refractivity (Wildman–Crippen MR) is 109 cm³/mol. The molecule has 3 aromatic rings. The van der Waals surface area contributed by atoms with Crippen LogP contribution in [-0.4, -0.2) is 41.1 Å². The van der Waals surface area contributed by atoms with Gasteiger partial charge in [0.2, 0.25) is 11.6 Å². The molecule has 2 aromatic carbocycles. The fourth-order valence-corrected chi connectivity index (χ4v) is 3.40. The molecule has 1 fully saturated rings. The zero-order chi connectivity index (χ0) is 21.1. The maximum Gasteiger partial charge on any atom is 0.353 e. The van der Waals surface area contributed by atoms with E-state index in [1.807, 2.05) is 30.3 Å². The van der Waals surface area contributed by atoms with Crippen LogP contribution in [0.3, 0.4) is 0 Å². The number of nitrogens with zero attached hydrogens (tertiary/aromatic N) is 5. The first-order chi connectivity index (χ1) is 14.5. The van der Waals surface area contributed by atoms with E-state index in [0.29, 0.717) is 26.2 Å². The standard InChI is InChI=1S/C20H18F2N6O2/c21-14-6-7-16(22)17(12-14)25-19-18(28(29)30)20(24-13-23-19)27-10-8-26(9-11-27)15-4-2-1-3-5-15/h1-7,12-13H,8-11H2,(H,23,24,25). The van der Waals surface area contributed by atoms with E-state index in [2.05, 4.69) is 20.2 Å². The number of halogens is 2. The van der Waals surface area contributed by atoms with Crippen molar-refractivity contribution >= 4 is 28.7 Å². The van der Waals surface area contributed by atoms with Gasteiger partial charge in [-0.3, -0.25) is 10.1 Å². The SMILES string of the molecule is O=[N+]([O-])c1c(Nc2cc(F)ccc2F)ncnc1N1CCN(c2ccccc2)CC1. The van der Waals surface area contributed by atoms with Crippen molar-refractivity contribution in [1.29, 1.82) is 0 Å². The molecular weight excluding hydrogens is 394 g/mol. The summed E-state index contributed by atoms with van der Waals surface area (Å²) in [7, 11) is 0. The van der Waals surface area contributed by atoms with Gasteiger partial charge in [-0.25, -0.2) is 18.7 Å².